The van der Waals surface area contributed by atoms with Gasteiger partial charge in [0.05, 0.1) is 19.6 Å². The maximum atomic E-state index is 12.2. The van der Waals surface area contributed by atoms with Crippen LogP contribution in [0.2, 0.25) is 0 Å². The van der Waals surface area contributed by atoms with Crippen LogP contribution in [-0.2, 0) is 11.3 Å². The summed E-state index contributed by atoms with van der Waals surface area (Å²) >= 11 is 0. The summed E-state index contributed by atoms with van der Waals surface area (Å²) in [6, 6.07) is 0.167. The molecule has 0 saturated carbocycles. The molecule has 0 saturated heterocycles. The number of aryl methyl sites for hydroxylation is 1. The molecule has 0 N–H and O–H groups in total. The van der Waals surface area contributed by atoms with E-state index in [9.17, 15) is 9.59 Å². The van der Waals surface area contributed by atoms with Gasteiger partial charge in [-0.2, -0.15) is 4.98 Å². The first kappa shape index (κ1) is 13.0. The van der Waals surface area contributed by atoms with Crippen LogP contribution in [0.5, 0.6) is 6.01 Å². The Morgan fingerprint density at radius 3 is 2.74 bits per heavy atom. The third-order valence-electron chi connectivity index (χ3n) is 2.72. The van der Waals surface area contributed by atoms with E-state index in [0.29, 0.717) is 12.2 Å². The highest BCUT2D eigenvalue weighted by atomic mass is 16.5. The minimum absolute atomic E-state index is 0.0365. The summed E-state index contributed by atoms with van der Waals surface area (Å²) in [5.74, 6) is -0.676. The van der Waals surface area contributed by atoms with E-state index in [1.54, 1.807) is 4.57 Å². The van der Waals surface area contributed by atoms with Gasteiger partial charge in [-0.05, 0) is 6.92 Å². The highest BCUT2D eigenvalue weighted by Crippen LogP contribution is 2.12. The zero-order chi connectivity index (χ0) is 14.0. The SMILES string of the molecule is CCn1cc(C(=O)OC)c(=O)c2cnc(OC)nc21. The molecule has 2 rings (SSSR count). The van der Waals surface area contributed by atoms with Gasteiger partial charge in [0, 0.05) is 18.9 Å². The first-order valence-electron chi connectivity index (χ1n) is 5.64. The lowest BCUT2D eigenvalue weighted by molar-refractivity contribution is 0.0598. The molecule has 2 aromatic heterocycles. The van der Waals surface area contributed by atoms with Crippen LogP contribution in [-0.4, -0.2) is 34.7 Å². The van der Waals surface area contributed by atoms with Gasteiger partial charge in [-0.3, -0.25) is 4.79 Å². The smallest absolute Gasteiger partial charge is 0.343 e. The molecule has 2 aromatic rings. The Bertz CT molecular complexity index is 693. The Balaban J connectivity index is 2.82. The van der Waals surface area contributed by atoms with E-state index in [2.05, 4.69) is 14.7 Å². The van der Waals surface area contributed by atoms with E-state index in [0.717, 1.165) is 0 Å². The minimum atomic E-state index is -0.676. The number of methoxy groups -OCH3 is 2. The first-order valence-corrected chi connectivity index (χ1v) is 5.64. The normalized spacial score (nSPS) is 10.5. The molecule has 100 valence electrons. The Labute approximate surface area is 108 Å². The van der Waals surface area contributed by atoms with Gasteiger partial charge in [-0.1, -0.05) is 0 Å². The molecule has 0 radical (unpaired) electrons. The molecule has 0 aliphatic carbocycles. The van der Waals surface area contributed by atoms with E-state index in [1.165, 1.54) is 26.6 Å². The number of ether oxygens (including phenoxy) is 2. The molecular weight excluding hydrogens is 250 g/mol. The number of carbonyl (C=O) groups excluding carboxylic acids is 1. The Kier molecular flexibility index (Phi) is 3.46. The lowest BCUT2D eigenvalue weighted by atomic mass is 10.2. The fraction of sp³-hybridized carbons (Fsp3) is 0.333. The van der Waals surface area contributed by atoms with Crippen molar-refractivity contribution in [2.75, 3.05) is 14.2 Å². The molecule has 0 spiro atoms. The average molecular weight is 263 g/mol. The van der Waals surface area contributed by atoms with Gasteiger partial charge in [0.2, 0.25) is 5.43 Å². The molecule has 0 aliphatic heterocycles. The molecule has 2 heterocycles. The third kappa shape index (κ3) is 2.14. The van der Waals surface area contributed by atoms with Crippen LogP contribution in [0.4, 0.5) is 0 Å². The summed E-state index contributed by atoms with van der Waals surface area (Å²) < 4.78 is 11.2. The van der Waals surface area contributed by atoms with Crippen LogP contribution in [0.1, 0.15) is 17.3 Å². The third-order valence-corrected chi connectivity index (χ3v) is 2.72. The zero-order valence-electron chi connectivity index (χ0n) is 10.8. The minimum Gasteiger partial charge on any atom is -0.467 e. The number of nitrogens with zero attached hydrogens (tertiary/aromatic N) is 3. The Morgan fingerprint density at radius 1 is 1.42 bits per heavy atom. The number of carbonyl (C=O) groups is 1. The van der Waals surface area contributed by atoms with Crippen LogP contribution in [0.25, 0.3) is 11.0 Å². The molecule has 7 nitrogen and oxygen atoms in total. The van der Waals surface area contributed by atoms with Crippen molar-refractivity contribution in [2.24, 2.45) is 0 Å². The predicted molar refractivity (Wildman–Crippen MR) is 67.4 cm³/mol. The van der Waals surface area contributed by atoms with E-state index in [4.69, 9.17) is 4.74 Å². The summed E-state index contributed by atoms with van der Waals surface area (Å²) in [5.41, 5.74) is -0.0631. The van der Waals surface area contributed by atoms with Gasteiger partial charge in [0.15, 0.2) is 5.65 Å². The van der Waals surface area contributed by atoms with Crippen molar-refractivity contribution in [3.63, 3.8) is 0 Å². The lowest BCUT2D eigenvalue weighted by Gasteiger charge is -2.10. The molecule has 0 aliphatic rings. The van der Waals surface area contributed by atoms with Gasteiger partial charge in [-0.25, -0.2) is 9.78 Å². The predicted octanol–water partition coefficient (Wildman–Crippen LogP) is 0.607. The molecule has 0 atom stereocenters. The van der Waals surface area contributed by atoms with Crippen molar-refractivity contribution in [3.05, 3.63) is 28.2 Å². The summed E-state index contributed by atoms with van der Waals surface area (Å²) in [4.78, 5) is 31.7. The van der Waals surface area contributed by atoms with Crippen molar-refractivity contribution >= 4 is 17.0 Å². The fourth-order valence-corrected chi connectivity index (χ4v) is 1.75. The second-order valence-electron chi connectivity index (χ2n) is 3.74. The van der Waals surface area contributed by atoms with E-state index >= 15 is 0 Å². The van der Waals surface area contributed by atoms with Crippen LogP contribution in [0.15, 0.2) is 17.2 Å². The largest absolute Gasteiger partial charge is 0.467 e. The Morgan fingerprint density at radius 2 is 2.16 bits per heavy atom. The van der Waals surface area contributed by atoms with Crippen molar-refractivity contribution in [1.82, 2.24) is 14.5 Å². The monoisotopic (exact) mass is 263 g/mol. The summed E-state index contributed by atoms with van der Waals surface area (Å²) in [6.07, 6.45) is 2.78. The van der Waals surface area contributed by atoms with E-state index in [-0.39, 0.29) is 17.0 Å². The standard InChI is InChI=1S/C12H13N3O4/c1-4-15-6-8(11(17)18-2)9(16)7-5-13-12(19-3)14-10(7)15/h5-6H,4H2,1-3H3. The number of esters is 1. The Hall–Kier alpha value is -2.44. The summed E-state index contributed by atoms with van der Waals surface area (Å²) in [6.45, 7) is 2.42. The van der Waals surface area contributed by atoms with E-state index < -0.39 is 11.4 Å². The first-order chi connectivity index (χ1) is 9.12. The van der Waals surface area contributed by atoms with Crippen molar-refractivity contribution < 1.29 is 14.3 Å². The summed E-state index contributed by atoms with van der Waals surface area (Å²) in [7, 11) is 2.67. The van der Waals surface area contributed by atoms with Crippen LogP contribution >= 0.6 is 0 Å². The van der Waals surface area contributed by atoms with Crippen molar-refractivity contribution in [3.8, 4) is 6.01 Å². The highest BCUT2D eigenvalue weighted by Gasteiger charge is 2.17. The van der Waals surface area contributed by atoms with E-state index in [1.807, 2.05) is 6.92 Å². The molecule has 19 heavy (non-hydrogen) atoms. The summed E-state index contributed by atoms with van der Waals surface area (Å²) in [5, 5.41) is 0.255. The number of rotatable bonds is 3. The maximum absolute atomic E-state index is 12.2. The molecule has 0 aromatic carbocycles. The quantitative estimate of drug-likeness (QED) is 0.754. The van der Waals surface area contributed by atoms with Crippen LogP contribution in [0.3, 0.4) is 0 Å². The second-order valence-corrected chi connectivity index (χ2v) is 3.74. The lowest BCUT2D eigenvalue weighted by Crippen LogP contribution is -2.20. The fourth-order valence-electron chi connectivity index (χ4n) is 1.75. The molecule has 0 bridgehead atoms. The number of pyridine rings is 1. The molecule has 0 amide bonds. The average Bonchev–Trinajstić information content (AvgIpc) is 2.46. The highest BCUT2D eigenvalue weighted by molar-refractivity contribution is 5.92. The number of aromatic nitrogens is 3. The van der Waals surface area contributed by atoms with Crippen LogP contribution in [0, 0.1) is 0 Å². The van der Waals surface area contributed by atoms with Gasteiger partial charge < -0.3 is 14.0 Å². The molecular formula is C12H13N3O4. The van der Waals surface area contributed by atoms with Crippen molar-refractivity contribution in [2.45, 2.75) is 13.5 Å². The van der Waals surface area contributed by atoms with Gasteiger partial charge in [-0.15, -0.1) is 0 Å². The second kappa shape index (κ2) is 5.05. The topological polar surface area (TPSA) is 83.3 Å². The maximum Gasteiger partial charge on any atom is 0.343 e. The number of hydrogen-bond acceptors (Lipinski definition) is 6. The molecule has 0 unspecified atom stereocenters. The number of hydrogen-bond donors (Lipinski definition) is 0. The zero-order valence-corrected chi connectivity index (χ0v) is 10.8. The molecule has 0 fully saturated rings. The molecule has 7 heteroatoms. The van der Waals surface area contributed by atoms with Gasteiger partial charge >= 0.3 is 12.0 Å². The van der Waals surface area contributed by atoms with Gasteiger partial charge in [0.1, 0.15) is 5.56 Å². The van der Waals surface area contributed by atoms with Gasteiger partial charge in [0.25, 0.3) is 0 Å². The number of fused-ring (bicyclic) bond motifs is 1. The van der Waals surface area contributed by atoms with Crippen molar-refractivity contribution in [1.29, 1.82) is 0 Å². The van der Waals surface area contributed by atoms with Crippen LogP contribution < -0.4 is 10.2 Å².